The number of hydrogen-bond acceptors (Lipinski definition) is 3. The number of aliphatic carboxylic acids is 1. The van der Waals surface area contributed by atoms with Gasteiger partial charge in [-0.15, -0.1) is 0 Å². The summed E-state index contributed by atoms with van der Waals surface area (Å²) in [6.07, 6.45) is 6.47. The molecule has 0 saturated carbocycles. The van der Waals surface area contributed by atoms with Crippen LogP contribution in [0.15, 0.2) is 24.3 Å². The smallest absolute Gasteiger partial charge is 0.303 e. The van der Waals surface area contributed by atoms with Gasteiger partial charge < -0.3 is 10.4 Å². The molecular weight excluding hydrogens is 342 g/mol. The summed E-state index contributed by atoms with van der Waals surface area (Å²) in [6.45, 7) is 2.65. The van der Waals surface area contributed by atoms with Gasteiger partial charge in [-0.1, -0.05) is 31.0 Å². The average Bonchev–Trinajstić information content (AvgIpc) is 3.23. The molecule has 0 atom stereocenters. The van der Waals surface area contributed by atoms with Crippen LogP contribution in [-0.4, -0.2) is 33.3 Å². The van der Waals surface area contributed by atoms with E-state index in [2.05, 4.69) is 23.4 Å². The first-order valence-electron chi connectivity index (χ1n) is 9.74. The monoisotopic (exact) mass is 369 g/mol. The van der Waals surface area contributed by atoms with Crippen molar-refractivity contribution in [3.8, 4) is 5.69 Å². The molecule has 2 aromatic rings. The van der Waals surface area contributed by atoms with Crippen LogP contribution < -0.4 is 5.32 Å². The van der Waals surface area contributed by atoms with E-state index in [4.69, 9.17) is 5.11 Å². The number of carbonyl (C=O) groups is 2. The number of carboxylic acids is 1. The third-order valence-corrected chi connectivity index (χ3v) is 5.09. The van der Waals surface area contributed by atoms with Crippen LogP contribution in [-0.2, 0) is 17.6 Å². The molecule has 1 amide bonds. The first kappa shape index (κ1) is 19.1. The molecule has 144 valence electrons. The van der Waals surface area contributed by atoms with Crippen LogP contribution in [0.5, 0.6) is 0 Å². The van der Waals surface area contributed by atoms with Gasteiger partial charge >= 0.3 is 5.97 Å². The average molecular weight is 369 g/mol. The number of nitrogens with zero attached hydrogens (tertiary/aromatic N) is 2. The van der Waals surface area contributed by atoms with Crippen molar-refractivity contribution in [2.75, 3.05) is 6.54 Å². The minimum absolute atomic E-state index is 0.106. The number of aryl methyl sites for hydroxylation is 1. The Bertz CT molecular complexity index is 826. The van der Waals surface area contributed by atoms with Crippen LogP contribution in [0.3, 0.4) is 0 Å². The second-order valence-electron chi connectivity index (χ2n) is 7.14. The number of carbonyl (C=O) groups excluding carboxylic acids is 1. The second-order valence-corrected chi connectivity index (χ2v) is 7.14. The number of rotatable bonds is 9. The first-order chi connectivity index (χ1) is 13.1. The maximum Gasteiger partial charge on any atom is 0.303 e. The fourth-order valence-electron chi connectivity index (χ4n) is 3.66. The van der Waals surface area contributed by atoms with Gasteiger partial charge in [0, 0.05) is 24.2 Å². The predicted molar refractivity (Wildman–Crippen MR) is 103 cm³/mol. The number of unbranched alkanes of at least 4 members (excludes halogenated alkanes) is 3. The van der Waals surface area contributed by atoms with E-state index in [-0.39, 0.29) is 12.3 Å². The normalized spacial score (nSPS) is 12.8. The number of amides is 1. The molecule has 1 aromatic heterocycles. The van der Waals surface area contributed by atoms with Gasteiger partial charge in [0.05, 0.1) is 5.69 Å². The molecule has 0 radical (unpaired) electrons. The molecule has 0 aliphatic heterocycles. The summed E-state index contributed by atoms with van der Waals surface area (Å²) >= 11 is 0. The molecule has 1 aliphatic carbocycles. The Kier molecular flexibility index (Phi) is 6.27. The number of para-hydroxylation sites is 1. The minimum Gasteiger partial charge on any atom is -0.481 e. The van der Waals surface area contributed by atoms with Crippen molar-refractivity contribution in [2.24, 2.45) is 0 Å². The molecule has 6 heteroatoms. The van der Waals surface area contributed by atoms with Crippen molar-refractivity contribution < 1.29 is 14.7 Å². The second kappa shape index (κ2) is 8.84. The number of nitrogens with one attached hydrogen (secondary N) is 1. The zero-order chi connectivity index (χ0) is 19.2. The Morgan fingerprint density at radius 1 is 1.15 bits per heavy atom. The van der Waals surface area contributed by atoms with Crippen molar-refractivity contribution in [3.63, 3.8) is 0 Å². The van der Waals surface area contributed by atoms with Crippen LogP contribution in [0.4, 0.5) is 0 Å². The lowest BCUT2D eigenvalue weighted by atomic mass is 10.1. The molecule has 3 rings (SSSR count). The molecule has 0 spiro atoms. The van der Waals surface area contributed by atoms with Gasteiger partial charge in [-0.2, -0.15) is 5.10 Å². The maximum absolute atomic E-state index is 12.6. The topological polar surface area (TPSA) is 84.2 Å². The molecular formula is C21H27N3O3. The number of hydrogen-bond donors (Lipinski definition) is 2. The van der Waals surface area contributed by atoms with Gasteiger partial charge in [-0.3, -0.25) is 9.59 Å². The number of benzene rings is 1. The summed E-state index contributed by atoms with van der Waals surface area (Å²) in [6, 6.07) is 8.10. The summed E-state index contributed by atoms with van der Waals surface area (Å²) in [5, 5.41) is 16.3. The quantitative estimate of drug-likeness (QED) is 0.663. The number of carboxylic acid groups (broad SMARTS) is 1. The number of aromatic nitrogens is 2. The van der Waals surface area contributed by atoms with Gasteiger partial charge in [0.2, 0.25) is 0 Å². The SMILES string of the molecule is Cc1ccccc1-n1nc(C(=O)NCCCCCCC(=O)O)c2c1CCC2. The summed E-state index contributed by atoms with van der Waals surface area (Å²) < 4.78 is 1.94. The molecule has 2 N–H and O–H groups in total. The highest BCUT2D eigenvalue weighted by molar-refractivity contribution is 5.94. The largest absolute Gasteiger partial charge is 0.481 e. The van der Waals surface area contributed by atoms with E-state index in [9.17, 15) is 9.59 Å². The van der Waals surface area contributed by atoms with E-state index >= 15 is 0 Å². The van der Waals surface area contributed by atoms with E-state index in [0.717, 1.165) is 61.0 Å². The Morgan fingerprint density at radius 3 is 2.70 bits per heavy atom. The lowest BCUT2D eigenvalue weighted by Gasteiger charge is -2.08. The zero-order valence-electron chi connectivity index (χ0n) is 15.8. The van der Waals surface area contributed by atoms with Gasteiger partial charge in [-0.25, -0.2) is 4.68 Å². The Morgan fingerprint density at radius 2 is 1.93 bits per heavy atom. The third kappa shape index (κ3) is 4.56. The zero-order valence-corrected chi connectivity index (χ0v) is 15.8. The summed E-state index contributed by atoms with van der Waals surface area (Å²) in [4.78, 5) is 23.1. The van der Waals surface area contributed by atoms with Crippen molar-refractivity contribution >= 4 is 11.9 Å². The van der Waals surface area contributed by atoms with Crippen molar-refractivity contribution in [3.05, 3.63) is 46.8 Å². The van der Waals surface area contributed by atoms with E-state index in [1.807, 2.05) is 22.9 Å². The lowest BCUT2D eigenvalue weighted by molar-refractivity contribution is -0.137. The van der Waals surface area contributed by atoms with E-state index in [1.54, 1.807) is 0 Å². The van der Waals surface area contributed by atoms with Crippen LogP contribution in [0, 0.1) is 6.92 Å². The van der Waals surface area contributed by atoms with Gasteiger partial charge in [0.25, 0.3) is 5.91 Å². The molecule has 0 unspecified atom stereocenters. The third-order valence-electron chi connectivity index (χ3n) is 5.09. The highest BCUT2D eigenvalue weighted by Crippen LogP contribution is 2.28. The molecule has 0 fully saturated rings. The van der Waals surface area contributed by atoms with E-state index < -0.39 is 5.97 Å². The molecule has 1 heterocycles. The molecule has 6 nitrogen and oxygen atoms in total. The number of fused-ring (bicyclic) bond motifs is 1. The van der Waals surface area contributed by atoms with Crippen LogP contribution >= 0.6 is 0 Å². The first-order valence-corrected chi connectivity index (χ1v) is 9.74. The minimum atomic E-state index is -0.749. The van der Waals surface area contributed by atoms with Crippen molar-refractivity contribution in [2.45, 2.75) is 58.3 Å². The molecule has 27 heavy (non-hydrogen) atoms. The van der Waals surface area contributed by atoms with Crippen molar-refractivity contribution in [1.82, 2.24) is 15.1 Å². The Hall–Kier alpha value is -2.63. The molecule has 1 aliphatic rings. The molecule has 0 saturated heterocycles. The van der Waals surface area contributed by atoms with Gasteiger partial charge in [0.15, 0.2) is 5.69 Å². The van der Waals surface area contributed by atoms with Crippen molar-refractivity contribution in [1.29, 1.82) is 0 Å². The highest BCUT2D eigenvalue weighted by Gasteiger charge is 2.27. The van der Waals surface area contributed by atoms with Crippen LogP contribution in [0.2, 0.25) is 0 Å². The molecule has 1 aromatic carbocycles. The van der Waals surface area contributed by atoms with Gasteiger partial charge in [0.1, 0.15) is 0 Å². The summed E-state index contributed by atoms with van der Waals surface area (Å²) in [7, 11) is 0. The summed E-state index contributed by atoms with van der Waals surface area (Å²) in [5.74, 6) is -0.854. The van der Waals surface area contributed by atoms with Gasteiger partial charge in [-0.05, 0) is 50.7 Å². The predicted octanol–water partition coefficient (Wildman–Crippen LogP) is 3.43. The highest BCUT2D eigenvalue weighted by atomic mass is 16.4. The summed E-state index contributed by atoms with van der Waals surface area (Å²) in [5.41, 5.74) is 4.97. The Labute approximate surface area is 159 Å². The van der Waals surface area contributed by atoms with E-state index in [1.165, 1.54) is 0 Å². The Balaban J connectivity index is 1.60. The van der Waals surface area contributed by atoms with E-state index in [0.29, 0.717) is 18.7 Å². The maximum atomic E-state index is 12.6. The fourth-order valence-corrected chi connectivity index (χ4v) is 3.66. The van der Waals surface area contributed by atoms with Crippen LogP contribution in [0.1, 0.15) is 65.8 Å². The standard InChI is InChI=1S/C21H27N3O3/c1-15-9-5-6-11-17(15)24-18-12-8-10-16(18)20(23-24)21(27)22-14-7-3-2-4-13-19(25)26/h5-6,9,11H,2-4,7-8,10,12-14H2,1H3,(H,22,27)(H,25,26). The lowest BCUT2D eigenvalue weighted by Crippen LogP contribution is -2.26. The molecule has 0 bridgehead atoms. The van der Waals surface area contributed by atoms with Crippen LogP contribution in [0.25, 0.3) is 5.69 Å². The fraction of sp³-hybridized carbons (Fsp3) is 0.476.